The number of nitrogens with two attached hydrogens (primary N) is 1. The molecule has 0 unspecified atom stereocenters. The maximum absolute atomic E-state index is 12.8. The molecule has 11 heteroatoms. The zero-order valence-corrected chi connectivity index (χ0v) is 23.9. The summed E-state index contributed by atoms with van der Waals surface area (Å²) < 4.78 is 7.28. The number of aliphatic carboxylic acids is 1. The second-order valence-corrected chi connectivity index (χ2v) is 10.9. The molecule has 3 heterocycles. The lowest BCUT2D eigenvalue weighted by Gasteiger charge is -2.40. The number of H-pyrrole nitrogens is 1. The number of ether oxygens (including phenoxy) is 1. The lowest BCUT2D eigenvalue weighted by molar-refractivity contribution is -0.136. The average Bonchev–Trinajstić information content (AvgIpc) is 3.23. The van der Waals surface area contributed by atoms with Crippen LogP contribution in [0.4, 0.5) is 5.82 Å². The summed E-state index contributed by atoms with van der Waals surface area (Å²) >= 11 is 0. The van der Waals surface area contributed by atoms with Crippen LogP contribution in [0, 0.1) is 0 Å². The van der Waals surface area contributed by atoms with Gasteiger partial charge in [0.25, 0.3) is 0 Å². The molecule has 0 radical (unpaired) electrons. The van der Waals surface area contributed by atoms with Crippen LogP contribution in [0.25, 0.3) is 11.2 Å². The number of aryl methyl sites for hydroxylation is 1. The minimum atomic E-state index is -0.831. The molecule has 40 heavy (non-hydrogen) atoms. The zero-order chi connectivity index (χ0) is 28.6. The van der Waals surface area contributed by atoms with Gasteiger partial charge in [0.1, 0.15) is 5.52 Å². The fourth-order valence-electron chi connectivity index (χ4n) is 5.45. The maximum Gasteiger partial charge on any atom is 0.327 e. The third kappa shape index (κ3) is 7.60. The predicted octanol–water partition coefficient (Wildman–Crippen LogP) is 3.27. The third-order valence-electron chi connectivity index (χ3n) is 7.66. The average molecular weight is 554 g/mol. The van der Waals surface area contributed by atoms with Gasteiger partial charge in [0.05, 0.1) is 13.0 Å². The molecule has 0 atom stereocenters. The van der Waals surface area contributed by atoms with E-state index in [1.807, 2.05) is 18.2 Å². The van der Waals surface area contributed by atoms with Crippen LogP contribution in [-0.2, 0) is 24.3 Å². The van der Waals surface area contributed by atoms with Gasteiger partial charge in [0.2, 0.25) is 0 Å². The fraction of sp³-hybridized carbons (Fsp3) is 0.586. The molecule has 11 nitrogen and oxygen atoms in total. The SMILES string of the molecule is CCCCOc1nc(N)c2[nH]c(=O)n(CCCN(Cc3cccc(CC(=O)O)c3)C3CCN(C(C)C)CC3)c2n1. The Morgan fingerprint density at radius 2 is 1.98 bits per heavy atom. The van der Waals surface area contributed by atoms with Crippen LogP contribution in [0.15, 0.2) is 29.1 Å². The van der Waals surface area contributed by atoms with E-state index < -0.39 is 5.97 Å². The van der Waals surface area contributed by atoms with Gasteiger partial charge in [0, 0.05) is 31.7 Å². The number of carboxylic acids is 1. The van der Waals surface area contributed by atoms with Crippen molar-refractivity contribution in [2.75, 3.05) is 32.0 Å². The number of rotatable bonds is 14. The number of imidazole rings is 1. The van der Waals surface area contributed by atoms with Gasteiger partial charge < -0.3 is 25.5 Å². The van der Waals surface area contributed by atoms with Crippen LogP contribution in [0.3, 0.4) is 0 Å². The van der Waals surface area contributed by atoms with Crippen molar-refractivity contribution in [1.29, 1.82) is 0 Å². The Hall–Kier alpha value is -3.44. The number of nitrogens with zero attached hydrogens (tertiary/aromatic N) is 5. The maximum atomic E-state index is 12.8. The van der Waals surface area contributed by atoms with Gasteiger partial charge in [-0.2, -0.15) is 9.97 Å². The van der Waals surface area contributed by atoms with Crippen LogP contribution >= 0.6 is 0 Å². The smallest absolute Gasteiger partial charge is 0.327 e. The van der Waals surface area contributed by atoms with E-state index in [0.717, 1.165) is 69.4 Å². The van der Waals surface area contributed by atoms with Gasteiger partial charge in [-0.3, -0.25) is 14.3 Å². The molecule has 1 aliphatic rings. The number of unbranched alkanes of at least 4 members (excludes halogenated alkanes) is 1. The van der Waals surface area contributed by atoms with Gasteiger partial charge in [0.15, 0.2) is 11.5 Å². The Kier molecular flexibility index (Phi) is 10.2. The largest absolute Gasteiger partial charge is 0.481 e. The quantitative estimate of drug-likeness (QED) is 0.256. The number of hydrogen-bond acceptors (Lipinski definition) is 8. The molecule has 2 aromatic heterocycles. The molecule has 0 amide bonds. The molecule has 0 aliphatic carbocycles. The van der Waals surface area contributed by atoms with Gasteiger partial charge in [-0.15, -0.1) is 0 Å². The first-order chi connectivity index (χ1) is 19.2. The van der Waals surface area contributed by atoms with E-state index in [2.05, 4.69) is 51.6 Å². The molecule has 4 N–H and O–H groups in total. The van der Waals surface area contributed by atoms with E-state index in [0.29, 0.717) is 36.4 Å². The Bertz CT molecular complexity index is 1330. The summed E-state index contributed by atoms with van der Waals surface area (Å²) in [6, 6.07) is 8.98. The molecule has 218 valence electrons. The number of aromatic nitrogens is 4. The normalized spacial score (nSPS) is 14.9. The number of anilines is 1. The third-order valence-corrected chi connectivity index (χ3v) is 7.66. The second-order valence-electron chi connectivity index (χ2n) is 10.9. The first-order valence-electron chi connectivity index (χ1n) is 14.4. The number of benzene rings is 1. The first kappa shape index (κ1) is 29.5. The Morgan fingerprint density at radius 1 is 1.23 bits per heavy atom. The minimum Gasteiger partial charge on any atom is -0.481 e. The Balaban J connectivity index is 1.49. The molecule has 0 bridgehead atoms. The van der Waals surface area contributed by atoms with E-state index >= 15 is 0 Å². The number of likely N-dealkylation sites (tertiary alicyclic amines) is 1. The van der Waals surface area contributed by atoms with Crippen LogP contribution < -0.4 is 16.2 Å². The van der Waals surface area contributed by atoms with Crippen molar-refractivity contribution in [3.05, 3.63) is 45.9 Å². The summed E-state index contributed by atoms with van der Waals surface area (Å²) in [7, 11) is 0. The van der Waals surface area contributed by atoms with Crippen molar-refractivity contribution in [2.45, 2.75) is 84.5 Å². The number of nitrogen functional groups attached to an aromatic ring is 1. The van der Waals surface area contributed by atoms with E-state index in [-0.39, 0.29) is 23.9 Å². The van der Waals surface area contributed by atoms with Crippen molar-refractivity contribution in [3.8, 4) is 6.01 Å². The highest BCUT2D eigenvalue weighted by molar-refractivity contribution is 5.81. The van der Waals surface area contributed by atoms with E-state index in [1.165, 1.54) is 0 Å². The van der Waals surface area contributed by atoms with Crippen LogP contribution in [0.5, 0.6) is 6.01 Å². The van der Waals surface area contributed by atoms with Crippen molar-refractivity contribution >= 4 is 23.0 Å². The van der Waals surface area contributed by atoms with Crippen LogP contribution in [0.1, 0.15) is 64.0 Å². The van der Waals surface area contributed by atoms with Gasteiger partial charge in [-0.25, -0.2) is 4.79 Å². The number of carbonyl (C=O) groups is 1. The number of carboxylic acid groups (broad SMARTS) is 1. The molecule has 3 aromatic rings. The van der Waals surface area contributed by atoms with Crippen molar-refractivity contribution in [2.24, 2.45) is 0 Å². The van der Waals surface area contributed by atoms with Gasteiger partial charge >= 0.3 is 17.7 Å². The van der Waals surface area contributed by atoms with E-state index in [9.17, 15) is 14.7 Å². The van der Waals surface area contributed by atoms with Crippen LogP contribution in [0.2, 0.25) is 0 Å². The van der Waals surface area contributed by atoms with Gasteiger partial charge in [-0.1, -0.05) is 37.6 Å². The molecule has 4 rings (SSSR count). The molecule has 1 saturated heterocycles. The number of nitrogens with one attached hydrogen (secondary N) is 1. The second kappa shape index (κ2) is 13.8. The fourth-order valence-corrected chi connectivity index (χ4v) is 5.45. The number of fused-ring (bicyclic) bond motifs is 1. The summed E-state index contributed by atoms with van der Waals surface area (Å²) in [4.78, 5) is 40.6. The molecular weight excluding hydrogens is 510 g/mol. The standard InChI is InChI=1S/C29H43N7O4/c1-4-5-16-40-28-32-26(30)25-27(33-28)36(29(39)31-25)13-7-12-35(23-10-14-34(15-11-23)20(2)3)19-22-9-6-8-21(17-22)18-24(37)38/h6,8-9,17,20,23H,4-5,7,10-16,18-19H2,1-3H3,(H,31,39)(H,37,38)(H2,30,32,33). The summed E-state index contributed by atoms with van der Waals surface area (Å²) in [5.74, 6) is -0.630. The molecule has 1 aliphatic heterocycles. The highest BCUT2D eigenvalue weighted by Gasteiger charge is 2.26. The van der Waals surface area contributed by atoms with Crippen molar-refractivity contribution in [3.63, 3.8) is 0 Å². The van der Waals surface area contributed by atoms with Crippen molar-refractivity contribution < 1.29 is 14.6 Å². The first-order valence-corrected chi connectivity index (χ1v) is 14.4. The van der Waals surface area contributed by atoms with Gasteiger partial charge in [-0.05, 0) is 63.7 Å². The Labute approximate surface area is 235 Å². The predicted molar refractivity (Wildman–Crippen MR) is 156 cm³/mol. The van der Waals surface area contributed by atoms with Crippen LogP contribution in [-0.4, -0.2) is 78.7 Å². The summed E-state index contributed by atoms with van der Waals surface area (Å²) in [5, 5.41) is 9.24. The summed E-state index contributed by atoms with van der Waals surface area (Å²) in [5.41, 5.74) is 8.65. The number of aromatic amines is 1. The van der Waals surface area contributed by atoms with E-state index in [4.69, 9.17) is 10.5 Å². The molecule has 1 aromatic carbocycles. The zero-order valence-electron chi connectivity index (χ0n) is 23.9. The number of piperidine rings is 1. The molecule has 1 fully saturated rings. The lowest BCUT2D eigenvalue weighted by Crippen LogP contribution is -2.47. The minimum absolute atomic E-state index is 0.0131. The monoisotopic (exact) mass is 553 g/mol. The summed E-state index contributed by atoms with van der Waals surface area (Å²) in [6.45, 7) is 11.1. The molecular formula is C29H43N7O4. The van der Waals surface area contributed by atoms with E-state index in [1.54, 1.807) is 4.57 Å². The van der Waals surface area contributed by atoms with Crippen molar-refractivity contribution in [1.82, 2.24) is 29.3 Å². The Morgan fingerprint density at radius 3 is 2.67 bits per heavy atom. The number of hydrogen-bond donors (Lipinski definition) is 3. The molecule has 0 saturated carbocycles. The lowest BCUT2D eigenvalue weighted by atomic mass is 10.00. The summed E-state index contributed by atoms with van der Waals surface area (Å²) in [6.07, 6.45) is 4.77. The highest BCUT2D eigenvalue weighted by Crippen LogP contribution is 2.22. The topological polar surface area (TPSA) is 143 Å². The molecule has 0 spiro atoms. The highest BCUT2D eigenvalue weighted by atomic mass is 16.5.